The van der Waals surface area contributed by atoms with Crippen molar-refractivity contribution in [1.82, 2.24) is 14.5 Å². The number of nitrogens with zero attached hydrogens (tertiary/aromatic N) is 3. The van der Waals surface area contributed by atoms with Crippen LogP contribution in [0.15, 0.2) is 24.1 Å². The van der Waals surface area contributed by atoms with E-state index in [4.69, 9.17) is 4.74 Å². The summed E-state index contributed by atoms with van der Waals surface area (Å²) in [5.41, 5.74) is 0.744. The summed E-state index contributed by atoms with van der Waals surface area (Å²) in [6.45, 7) is 3.79. The van der Waals surface area contributed by atoms with E-state index in [1.807, 2.05) is 16.1 Å². The molecular weight excluding hydrogens is 264 g/mol. The normalized spacial score (nSPS) is 10.4. The third-order valence-corrected chi connectivity index (χ3v) is 3.24. The second-order valence-electron chi connectivity index (χ2n) is 3.85. The molecule has 19 heavy (non-hydrogen) atoms. The lowest BCUT2D eigenvalue weighted by Crippen LogP contribution is -2.10. The number of anilines is 1. The second-order valence-corrected chi connectivity index (χ2v) is 4.71. The molecule has 1 N–H and O–H groups in total. The van der Waals surface area contributed by atoms with Gasteiger partial charge in [-0.3, -0.25) is 4.79 Å². The monoisotopic (exact) mass is 280 g/mol. The van der Waals surface area contributed by atoms with Crippen molar-refractivity contribution in [2.45, 2.75) is 19.9 Å². The number of thiazole rings is 1. The zero-order valence-corrected chi connectivity index (χ0v) is 11.5. The summed E-state index contributed by atoms with van der Waals surface area (Å²) in [5.74, 6) is -0.238. The van der Waals surface area contributed by atoms with Crippen LogP contribution in [-0.2, 0) is 22.5 Å². The molecule has 0 atom stereocenters. The average Bonchev–Trinajstić information content (AvgIpc) is 3.01. The number of carbonyl (C=O) groups excluding carboxylic acids is 1. The predicted molar refractivity (Wildman–Crippen MR) is 73.2 cm³/mol. The molecule has 0 bridgehead atoms. The molecule has 2 rings (SSSR count). The van der Waals surface area contributed by atoms with Crippen molar-refractivity contribution in [1.29, 1.82) is 0 Å². The van der Waals surface area contributed by atoms with Gasteiger partial charge >= 0.3 is 5.97 Å². The Morgan fingerprint density at radius 1 is 1.58 bits per heavy atom. The number of nitrogens with one attached hydrogen (secondary N) is 1. The first kappa shape index (κ1) is 13.5. The molecule has 0 saturated heterocycles. The maximum absolute atomic E-state index is 11.3. The highest BCUT2D eigenvalue weighted by molar-refractivity contribution is 7.13. The first-order chi connectivity index (χ1) is 9.28. The van der Waals surface area contributed by atoms with Gasteiger partial charge in [-0.25, -0.2) is 9.97 Å². The molecule has 0 aliphatic carbocycles. The van der Waals surface area contributed by atoms with Gasteiger partial charge in [0.2, 0.25) is 0 Å². The molecule has 2 heterocycles. The summed E-state index contributed by atoms with van der Waals surface area (Å²) in [7, 11) is 0. The van der Waals surface area contributed by atoms with Crippen LogP contribution in [0.5, 0.6) is 0 Å². The number of hydrogen-bond acceptors (Lipinski definition) is 6. The van der Waals surface area contributed by atoms with Gasteiger partial charge in [0.25, 0.3) is 0 Å². The maximum atomic E-state index is 11.3. The molecule has 0 aliphatic heterocycles. The fourth-order valence-electron chi connectivity index (χ4n) is 1.54. The second kappa shape index (κ2) is 6.89. The standard InChI is InChI=1S/C12H16N4O2S/c1-2-18-11(17)7-10-8-19-12(15-10)14-4-6-16-5-3-13-9-16/h3,5,8-9H,2,4,6-7H2,1H3,(H,14,15). The van der Waals surface area contributed by atoms with Gasteiger partial charge in [-0.05, 0) is 6.92 Å². The van der Waals surface area contributed by atoms with Gasteiger partial charge in [0.05, 0.1) is 25.0 Å². The summed E-state index contributed by atoms with van der Waals surface area (Å²) in [6.07, 6.45) is 5.67. The molecule has 0 saturated carbocycles. The van der Waals surface area contributed by atoms with Crippen molar-refractivity contribution in [2.24, 2.45) is 0 Å². The lowest BCUT2D eigenvalue weighted by molar-refractivity contribution is -0.142. The quantitative estimate of drug-likeness (QED) is 0.779. The van der Waals surface area contributed by atoms with E-state index < -0.39 is 0 Å². The minimum atomic E-state index is -0.238. The van der Waals surface area contributed by atoms with E-state index in [9.17, 15) is 4.79 Å². The Hall–Kier alpha value is -1.89. The van der Waals surface area contributed by atoms with E-state index >= 15 is 0 Å². The van der Waals surface area contributed by atoms with Crippen LogP contribution in [0.25, 0.3) is 0 Å². The maximum Gasteiger partial charge on any atom is 0.311 e. The number of carbonyl (C=O) groups is 1. The van der Waals surface area contributed by atoms with E-state index in [-0.39, 0.29) is 12.4 Å². The Labute approximate surface area is 115 Å². The van der Waals surface area contributed by atoms with Crippen LogP contribution in [0.3, 0.4) is 0 Å². The van der Waals surface area contributed by atoms with Crippen molar-refractivity contribution in [3.63, 3.8) is 0 Å². The number of aromatic nitrogens is 3. The molecule has 2 aromatic rings. The van der Waals surface area contributed by atoms with Gasteiger partial charge in [0.1, 0.15) is 0 Å². The minimum absolute atomic E-state index is 0.230. The van der Waals surface area contributed by atoms with Crippen LogP contribution in [0.1, 0.15) is 12.6 Å². The zero-order chi connectivity index (χ0) is 13.5. The molecular formula is C12H16N4O2S. The van der Waals surface area contributed by atoms with Crippen LogP contribution in [0.2, 0.25) is 0 Å². The molecule has 0 aliphatic rings. The Bertz CT molecular complexity index is 510. The smallest absolute Gasteiger partial charge is 0.311 e. The molecule has 2 aromatic heterocycles. The molecule has 0 fully saturated rings. The highest BCUT2D eigenvalue weighted by Crippen LogP contribution is 2.15. The van der Waals surface area contributed by atoms with Gasteiger partial charge in [-0.1, -0.05) is 0 Å². The third kappa shape index (κ3) is 4.36. The summed E-state index contributed by atoms with van der Waals surface area (Å²) >= 11 is 1.49. The topological polar surface area (TPSA) is 69.0 Å². The third-order valence-electron chi connectivity index (χ3n) is 2.39. The fraction of sp³-hybridized carbons (Fsp3) is 0.417. The van der Waals surface area contributed by atoms with Crippen molar-refractivity contribution < 1.29 is 9.53 Å². The molecule has 6 nitrogen and oxygen atoms in total. The number of hydrogen-bond donors (Lipinski definition) is 1. The van der Waals surface area contributed by atoms with Crippen molar-refractivity contribution in [3.8, 4) is 0 Å². The first-order valence-electron chi connectivity index (χ1n) is 6.07. The van der Waals surface area contributed by atoms with Crippen LogP contribution >= 0.6 is 11.3 Å². The van der Waals surface area contributed by atoms with Gasteiger partial charge in [-0.15, -0.1) is 11.3 Å². The highest BCUT2D eigenvalue weighted by atomic mass is 32.1. The zero-order valence-electron chi connectivity index (χ0n) is 10.7. The lowest BCUT2D eigenvalue weighted by atomic mass is 10.3. The van der Waals surface area contributed by atoms with E-state index in [2.05, 4.69) is 15.3 Å². The van der Waals surface area contributed by atoms with Gasteiger partial charge in [0, 0.05) is 30.9 Å². The van der Waals surface area contributed by atoms with E-state index in [1.165, 1.54) is 11.3 Å². The molecule has 0 unspecified atom stereocenters. The number of ether oxygens (including phenoxy) is 1. The number of esters is 1. The first-order valence-corrected chi connectivity index (χ1v) is 6.95. The van der Waals surface area contributed by atoms with Crippen LogP contribution in [0, 0.1) is 0 Å². The van der Waals surface area contributed by atoms with Crippen LogP contribution in [-0.4, -0.2) is 33.7 Å². The number of imidazole rings is 1. The molecule has 0 radical (unpaired) electrons. The number of rotatable bonds is 7. The Morgan fingerprint density at radius 3 is 3.21 bits per heavy atom. The van der Waals surface area contributed by atoms with Crippen molar-refractivity contribution >= 4 is 22.4 Å². The van der Waals surface area contributed by atoms with Crippen molar-refractivity contribution in [2.75, 3.05) is 18.5 Å². The molecule has 0 amide bonds. The SMILES string of the molecule is CCOC(=O)Cc1csc(NCCn2ccnc2)n1. The Balaban J connectivity index is 1.75. The van der Waals surface area contributed by atoms with E-state index in [1.54, 1.807) is 19.4 Å². The predicted octanol–water partition coefficient (Wildman–Crippen LogP) is 1.56. The van der Waals surface area contributed by atoms with Crippen LogP contribution in [0.4, 0.5) is 5.13 Å². The molecule has 102 valence electrons. The minimum Gasteiger partial charge on any atom is -0.466 e. The van der Waals surface area contributed by atoms with Crippen LogP contribution < -0.4 is 5.32 Å². The largest absolute Gasteiger partial charge is 0.466 e. The van der Waals surface area contributed by atoms with E-state index in [0.29, 0.717) is 6.61 Å². The Kier molecular flexibility index (Phi) is 4.91. The highest BCUT2D eigenvalue weighted by Gasteiger charge is 2.07. The lowest BCUT2D eigenvalue weighted by Gasteiger charge is -2.03. The summed E-state index contributed by atoms with van der Waals surface area (Å²) in [4.78, 5) is 19.6. The van der Waals surface area contributed by atoms with Crippen molar-refractivity contribution in [3.05, 3.63) is 29.8 Å². The fourth-order valence-corrected chi connectivity index (χ4v) is 2.28. The average molecular weight is 280 g/mol. The summed E-state index contributed by atoms with van der Waals surface area (Å²) < 4.78 is 6.87. The van der Waals surface area contributed by atoms with Gasteiger partial charge < -0.3 is 14.6 Å². The van der Waals surface area contributed by atoms with Gasteiger partial charge in [0.15, 0.2) is 5.13 Å². The van der Waals surface area contributed by atoms with Gasteiger partial charge in [-0.2, -0.15) is 0 Å². The molecule has 0 aromatic carbocycles. The Morgan fingerprint density at radius 2 is 2.47 bits per heavy atom. The molecule has 0 spiro atoms. The molecule has 7 heteroatoms. The van der Waals surface area contributed by atoms with E-state index in [0.717, 1.165) is 23.9 Å². The summed E-state index contributed by atoms with van der Waals surface area (Å²) in [6, 6.07) is 0. The summed E-state index contributed by atoms with van der Waals surface area (Å²) in [5, 5.41) is 5.91.